The minimum absolute atomic E-state index is 0.626. The molecule has 0 unspecified atom stereocenters. The van der Waals surface area contributed by atoms with Gasteiger partial charge in [-0.25, -0.2) is 9.97 Å². The molecule has 2 rings (SSSR count). The summed E-state index contributed by atoms with van der Waals surface area (Å²) >= 11 is 5.83. The third kappa shape index (κ3) is 3.73. The van der Waals surface area contributed by atoms with Crippen molar-refractivity contribution >= 4 is 17.4 Å². The van der Waals surface area contributed by atoms with Crippen LogP contribution in [0, 0.1) is 6.92 Å². The minimum Gasteiger partial charge on any atom is -0.478 e. The minimum atomic E-state index is 0.626. The fourth-order valence-electron chi connectivity index (χ4n) is 2.55. The molecule has 6 heteroatoms. The first-order valence-electron chi connectivity index (χ1n) is 7.24. The first-order chi connectivity index (χ1) is 9.76. The second-order valence-electron chi connectivity index (χ2n) is 4.93. The van der Waals surface area contributed by atoms with Crippen LogP contribution < -0.4 is 9.64 Å². The van der Waals surface area contributed by atoms with Crippen molar-refractivity contribution in [3.05, 3.63) is 11.9 Å². The normalized spacial score (nSPS) is 17.1. The Kier molecular flexibility index (Phi) is 5.86. The van der Waals surface area contributed by atoms with Gasteiger partial charge in [-0.2, -0.15) is 0 Å². The summed E-state index contributed by atoms with van der Waals surface area (Å²) in [6.45, 7) is 9.70. The van der Waals surface area contributed by atoms with Crippen molar-refractivity contribution in [2.75, 3.05) is 50.1 Å². The number of ether oxygens (including phenoxy) is 1. The number of halogens is 1. The first kappa shape index (κ1) is 15.3. The first-order valence-corrected chi connectivity index (χ1v) is 7.77. The van der Waals surface area contributed by atoms with Crippen molar-refractivity contribution in [2.24, 2.45) is 0 Å². The van der Waals surface area contributed by atoms with Gasteiger partial charge < -0.3 is 14.5 Å². The highest BCUT2D eigenvalue weighted by molar-refractivity contribution is 6.18. The van der Waals surface area contributed by atoms with E-state index in [4.69, 9.17) is 16.3 Å². The van der Waals surface area contributed by atoms with Crippen molar-refractivity contribution in [1.82, 2.24) is 14.9 Å². The second kappa shape index (κ2) is 7.64. The largest absolute Gasteiger partial charge is 0.478 e. The number of aromatic nitrogens is 2. The lowest BCUT2D eigenvalue weighted by Crippen LogP contribution is -2.32. The fraction of sp³-hybridized carbons (Fsp3) is 0.714. The topological polar surface area (TPSA) is 41.5 Å². The zero-order valence-electron chi connectivity index (χ0n) is 12.3. The molecule has 20 heavy (non-hydrogen) atoms. The number of alkyl halides is 1. The zero-order chi connectivity index (χ0) is 14.4. The lowest BCUT2D eigenvalue weighted by Gasteiger charge is -2.24. The van der Waals surface area contributed by atoms with Crippen LogP contribution in [0.15, 0.2) is 6.33 Å². The van der Waals surface area contributed by atoms with E-state index >= 15 is 0 Å². The predicted octanol–water partition coefficient (Wildman–Crippen LogP) is 1.93. The Morgan fingerprint density at radius 3 is 2.85 bits per heavy atom. The molecule has 112 valence electrons. The van der Waals surface area contributed by atoms with Gasteiger partial charge in [0.15, 0.2) is 0 Å². The Balaban J connectivity index is 2.09. The Labute approximate surface area is 125 Å². The van der Waals surface area contributed by atoms with Crippen LogP contribution in [0.1, 0.15) is 18.9 Å². The molecule has 0 N–H and O–H groups in total. The number of hydrogen-bond acceptors (Lipinski definition) is 5. The van der Waals surface area contributed by atoms with Gasteiger partial charge in [-0.15, -0.1) is 11.6 Å². The van der Waals surface area contributed by atoms with Gasteiger partial charge >= 0.3 is 0 Å². The van der Waals surface area contributed by atoms with Gasteiger partial charge in [-0.05, 0) is 26.8 Å². The van der Waals surface area contributed by atoms with Crippen molar-refractivity contribution < 1.29 is 4.74 Å². The van der Waals surface area contributed by atoms with Crippen molar-refractivity contribution in [3.8, 4) is 5.88 Å². The van der Waals surface area contributed by atoms with E-state index in [0.717, 1.165) is 50.5 Å². The summed E-state index contributed by atoms with van der Waals surface area (Å²) in [5.74, 6) is 2.39. The average Bonchev–Trinajstić information content (AvgIpc) is 2.68. The molecule has 0 saturated carbocycles. The maximum Gasteiger partial charge on any atom is 0.221 e. The molecule has 1 saturated heterocycles. The molecule has 2 heterocycles. The van der Waals surface area contributed by atoms with E-state index < -0.39 is 0 Å². The lowest BCUT2D eigenvalue weighted by molar-refractivity contribution is 0.311. The van der Waals surface area contributed by atoms with Gasteiger partial charge in [0, 0.05) is 32.1 Å². The Bertz CT molecular complexity index is 430. The number of hydrogen-bond donors (Lipinski definition) is 0. The highest BCUT2D eigenvalue weighted by atomic mass is 35.5. The molecule has 1 aliphatic rings. The third-order valence-electron chi connectivity index (χ3n) is 3.58. The molecule has 1 aromatic heterocycles. The van der Waals surface area contributed by atoms with Crippen LogP contribution >= 0.6 is 11.6 Å². The van der Waals surface area contributed by atoms with E-state index in [2.05, 4.69) is 19.8 Å². The summed E-state index contributed by atoms with van der Waals surface area (Å²) < 4.78 is 5.55. The standard InChI is InChI=1S/C14H23ClN4O/c1-3-20-14-12(2)13(16-11-17-14)19-7-4-6-18(8-5-15)9-10-19/h11H,3-10H2,1-2H3. The van der Waals surface area contributed by atoms with Gasteiger partial charge in [0.25, 0.3) is 0 Å². The molecule has 0 aliphatic carbocycles. The molecule has 0 amide bonds. The summed E-state index contributed by atoms with van der Waals surface area (Å²) in [4.78, 5) is 13.4. The number of rotatable bonds is 5. The van der Waals surface area contributed by atoms with Crippen LogP contribution in [0.5, 0.6) is 5.88 Å². The molecule has 0 radical (unpaired) electrons. The molecule has 0 spiro atoms. The van der Waals surface area contributed by atoms with Gasteiger partial charge in [-0.3, -0.25) is 0 Å². The van der Waals surface area contributed by atoms with Crippen LogP contribution in [0.25, 0.3) is 0 Å². The Morgan fingerprint density at radius 1 is 1.25 bits per heavy atom. The van der Waals surface area contributed by atoms with E-state index in [1.54, 1.807) is 6.33 Å². The van der Waals surface area contributed by atoms with Crippen LogP contribution in [0.4, 0.5) is 5.82 Å². The van der Waals surface area contributed by atoms with E-state index in [1.165, 1.54) is 0 Å². The Hall–Kier alpha value is -1.07. The maximum atomic E-state index is 5.83. The molecule has 5 nitrogen and oxygen atoms in total. The maximum absolute atomic E-state index is 5.83. The molecule has 0 aromatic carbocycles. The van der Waals surface area contributed by atoms with Gasteiger partial charge in [0.2, 0.25) is 5.88 Å². The van der Waals surface area contributed by atoms with Crippen LogP contribution in [-0.4, -0.2) is 60.1 Å². The van der Waals surface area contributed by atoms with Crippen LogP contribution in [-0.2, 0) is 0 Å². The zero-order valence-corrected chi connectivity index (χ0v) is 13.1. The summed E-state index contributed by atoms with van der Waals surface area (Å²) in [6.07, 6.45) is 2.72. The average molecular weight is 299 g/mol. The summed E-state index contributed by atoms with van der Waals surface area (Å²) in [6, 6.07) is 0. The Morgan fingerprint density at radius 2 is 2.10 bits per heavy atom. The molecular formula is C14H23ClN4O. The van der Waals surface area contributed by atoms with Crippen molar-refractivity contribution in [2.45, 2.75) is 20.3 Å². The van der Waals surface area contributed by atoms with Gasteiger partial charge in [0.05, 0.1) is 12.2 Å². The van der Waals surface area contributed by atoms with E-state index in [9.17, 15) is 0 Å². The van der Waals surface area contributed by atoms with Crippen LogP contribution in [0.2, 0.25) is 0 Å². The summed E-state index contributed by atoms with van der Waals surface area (Å²) in [5, 5.41) is 0. The van der Waals surface area contributed by atoms with E-state index in [0.29, 0.717) is 18.4 Å². The van der Waals surface area contributed by atoms with Crippen molar-refractivity contribution in [3.63, 3.8) is 0 Å². The highest BCUT2D eigenvalue weighted by Crippen LogP contribution is 2.24. The lowest BCUT2D eigenvalue weighted by atomic mass is 10.3. The smallest absolute Gasteiger partial charge is 0.221 e. The molecule has 0 atom stereocenters. The second-order valence-corrected chi connectivity index (χ2v) is 5.31. The van der Waals surface area contributed by atoms with E-state index in [-0.39, 0.29) is 0 Å². The van der Waals surface area contributed by atoms with E-state index in [1.807, 2.05) is 13.8 Å². The molecule has 1 aromatic rings. The number of anilines is 1. The molecule has 1 fully saturated rings. The van der Waals surface area contributed by atoms with Gasteiger partial charge in [-0.1, -0.05) is 0 Å². The van der Waals surface area contributed by atoms with Crippen molar-refractivity contribution in [1.29, 1.82) is 0 Å². The van der Waals surface area contributed by atoms with Crippen LogP contribution in [0.3, 0.4) is 0 Å². The quantitative estimate of drug-likeness (QED) is 0.777. The molecule has 0 bridgehead atoms. The molecule has 1 aliphatic heterocycles. The third-order valence-corrected chi connectivity index (χ3v) is 3.75. The van der Waals surface area contributed by atoms with Gasteiger partial charge in [0.1, 0.15) is 12.1 Å². The fourth-order valence-corrected chi connectivity index (χ4v) is 2.79. The summed E-state index contributed by atoms with van der Waals surface area (Å²) in [7, 11) is 0. The number of nitrogens with zero attached hydrogens (tertiary/aromatic N) is 4. The monoisotopic (exact) mass is 298 g/mol. The summed E-state index contributed by atoms with van der Waals surface area (Å²) in [5.41, 5.74) is 1.03. The molecular weight excluding hydrogens is 276 g/mol. The predicted molar refractivity (Wildman–Crippen MR) is 81.9 cm³/mol. The highest BCUT2D eigenvalue weighted by Gasteiger charge is 2.19. The SMILES string of the molecule is CCOc1ncnc(N2CCCN(CCCl)CC2)c1C.